The van der Waals surface area contributed by atoms with Gasteiger partial charge in [-0.05, 0) is 54.7 Å². The number of rotatable bonds is 4. The van der Waals surface area contributed by atoms with Crippen LogP contribution in [-0.2, 0) is 7.05 Å². The van der Waals surface area contributed by atoms with E-state index in [9.17, 15) is 0 Å². The van der Waals surface area contributed by atoms with Crippen LogP contribution >= 0.6 is 23.8 Å². The van der Waals surface area contributed by atoms with E-state index < -0.39 is 0 Å². The Morgan fingerprint density at radius 2 is 2.04 bits per heavy atom. The molecule has 1 fully saturated rings. The number of aromatic nitrogens is 2. The highest BCUT2D eigenvalue weighted by Crippen LogP contribution is 2.42. The summed E-state index contributed by atoms with van der Waals surface area (Å²) < 4.78 is 7.39. The monoisotopic (exact) mass is 398 g/mol. The summed E-state index contributed by atoms with van der Waals surface area (Å²) in [6.45, 7) is 0. The lowest BCUT2D eigenvalue weighted by molar-refractivity contribution is 0.415. The Bertz CT molecular complexity index is 975. The first kappa shape index (κ1) is 17.8. The second-order valence-corrected chi connectivity index (χ2v) is 7.15. The van der Waals surface area contributed by atoms with Gasteiger partial charge in [0, 0.05) is 30.8 Å². The van der Waals surface area contributed by atoms with Crippen molar-refractivity contribution in [2.75, 3.05) is 12.0 Å². The lowest BCUT2D eigenvalue weighted by Crippen LogP contribution is -2.30. The van der Waals surface area contributed by atoms with Crippen molar-refractivity contribution >= 4 is 34.6 Å². The topological polar surface area (TPSA) is 42.3 Å². The van der Waals surface area contributed by atoms with E-state index in [0.29, 0.717) is 15.9 Å². The average Bonchev–Trinajstić information content (AvgIpc) is 3.25. The highest BCUT2D eigenvalue weighted by Gasteiger charge is 2.41. The molecule has 1 saturated heterocycles. The molecule has 2 atom stereocenters. The number of thiocarbonyl (C=S) groups is 1. The van der Waals surface area contributed by atoms with Gasteiger partial charge in [0.2, 0.25) is 0 Å². The second kappa shape index (κ2) is 7.21. The molecule has 1 aliphatic rings. The number of anilines is 1. The molecule has 7 heteroatoms. The summed E-state index contributed by atoms with van der Waals surface area (Å²) in [5.41, 5.74) is 2.97. The van der Waals surface area contributed by atoms with Crippen molar-refractivity contribution in [1.82, 2.24) is 14.9 Å². The molecule has 2 aromatic heterocycles. The van der Waals surface area contributed by atoms with Gasteiger partial charge in [-0.25, -0.2) is 0 Å². The quantitative estimate of drug-likeness (QED) is 0.665. The molecular formula is C20H19ClN4OS. The molecule has 138 valence electrons. The van der Waals surface area contributed by atoms with E-state index in [1.807, 2.05) is 55.7 Å². The van der Waals surface area contributed by atoms with Crippen LogP contribution in [0.3, 0.4) is 0 Å². The molecule has 0 bridgehead atoms. The Morgan fingerprint density at radius 1 is 1.19 bits per heavy atom. The zero-order valence-electron chi connectivity index (χ0n) is 15.0. The van der Waals surface area contributed by atoms with Gasteiger partial charge in [-0.2, -0.15) is 0 Å². The van der Waals surface area contributed by atoms with Crippen molar-refractivity contribution in [2.45, 2.75) is 12.1 Å². The number of benzene rings is 1. The van der Waals surface area contributed by atoms with Crippen molar-refractivity contribution in [3.05, 3.63) is 77.3 Å². The molecule has 0 aliphatic carbocycles. The van der Waals surface area contributed by atoms with Crippen LogP contribution in [0.25, 0.3) is 0 Å². The molecule has 0 amide bonds. The summed E-state index contributed by atoms with van der Waals surface area (Å²) in [4.78, 5) is 6.65. The van der Waals surface area contributed by atoms with Crippen molar-refractivity contribution < 1.29 is 4.74 Å². The molecule has 5 nitrogen and oxygen atoms in total. The van der Waals surface area contributed by atoms with E-state index in [2.05, 4.69) is 25.8 Å². The van der Waals surface area contributed by atoms with Gasteiger partial charge in [-0.1, -0.05) is 17.7 Å². The SMILES string of the molecule is COc1ccc(N2C(=S)N[C@H](c3ccccn3)[C@@H]2c2cccn2C)cc1Cl. The minimum absolute atomic E-state index is 0.0585. The van der Waals surface area contributed by atoms with Crippen molar-refractivity contribution in [3.63, 3.8) is 0 Å². The van der Waals surface area contributed by atoms with Crippen molar-refractivity contribution in [3.8, 4) is 5.75 Å². The van der Waals surface area contributed by atoms with Gasteiger partial charge in [0.05, 0.1) is 23.9 Å². The van der Waals surface area contributed by atoms with Crippen LogP contribution in [0.5, 0.6) is 5.75 Å². The summed E-state index contributed by atoms with van der Waals surface area (Å²) >= 11 is 12.1. The standard InChI is InChI=1S/C20H19ClN4OS/c1-24-11-5-7-16(24)19-18(15-6-3-4-10-22-15)23-20(27)25(19)13-8-9-17(26-2)14(21)12-13/h3-12,18-19H,1-2H3,(H,23,27)/t18-,19+/m1/s1. The maximum absolute atomic E-state index is 6.38. The molecule has 0 spiro atoms. The fourth-order valence-electron chi connectivity index (χ4n) is 3.52. The van der Waals surface area contributed by atoms with E-state index >= 15 is 0 Å². The Kier molecular flexibility index (Phi) is 4.76. The van der Waals surface area contributed by atoms with Crippen LogP contribution in [-0.4, -0.2) is 21.8 Å². The third-order valence-corrected chi connectivity index (χ3v) is 5.41. The molecule has 27 heavy (non-hydrogen) atoms. The number of aryl methyl sites for hydroxylation is 1. The number of methoxy groups -OCH3 is 1. The van der Waals surface area contributed by atoms with E-state index in [1.165, 1.54) is 0 Å². The van der Waals surface area contributed by atoms with Gasteiger partial charge in [0.25, 0.3) is 0 Å². The minimum Gasteiger partial charge on any atom is -0.495 e. The Morgan fingerprint density at radius 3 is 2.67 bits per heavy atom. The first-order valence-corrected chi connectivity index (χ1v) is 9.34. The summed E-state index contributed by atoms with van der Waals surface area (Å²) in [5, 5.41) is 4.62. The van der Waals surface area contributed by atoms with Gasteiger partial charge in [-0.15, -0.1) is 0 Å². The predicted molar refractivity (Wildman–Crippen MR) is 111 cm³/mol. The normalized spacial score (nSPS) is 19.2. The zero-order valence-corrected chi connectivity index (χ0v) is 16.5. The largest absolute Gasteiger partial charge is 0.495 e. The number of halogens is 1. The molecule has 1 aliphatic heterocycles. The van der Waals surface area contributed by atoms with Gasteiger partial charge >= 0.3 is 0 Å². The average molecular weight is 399 g/mol. The van der Waals surface area contributed by atoms with E-state index in [0.717, 1.165) is 17.1 Å². The number of ether oxygens (including phenoxy) is 1. The van der Waals surface area contributed by atoms with Crippen LogP contribution in [0.4, 0.5) is 5.69 Å². The molecule has 0 unspecified atom stereocenters. The van der Waals surface area contributed by atoms with Crippen LogP contribution in [0.1, 0.15) is 23.5 Å². The van der Waals surface area contributed by atoms with Gasteiger partial charge in [0.1, 0.15) is 11.8 Å². The number of nitrogens with one attached hydrogen (secondary N) is 1. The molecule has 1 N–H and O–H groups in total. The third kappa shape index (κ3) is 3.15. The molecule has 0 saturated carbocycles. The maximum Gasteiger partial charge on any atom is 0.174 e. The van der Waals surface area contributed by atoms with Crippen LogP contribution < -0.4 is 15.0 Å². The first-order valence-electron chi connectivity index (χ1n) is 8.55. The van der Waals surface area contributed by atoms with Gasteiger partial charge in [0.15, 0.2) is 5.11 Å². The smallest absolute Gasteiger partial charge is 0.174 e. The van der Waals surface area contributed by atoms with Crippen molar-refractivity contribution in [1.29, 1.82) is 0 Å². The third-order valence-electron chi connectivity index (χ3n) is 4.80. The predicted octanol–water partition coefficient (Wildman–Crippen LogP) is 4.26. The molecule has 3 aromatic rings. The summed E-state index contributed by atoms with van der Waals surface area (Å²) in [6.07, 6.45) is 3.83. The Balaban J connectivity index is 1.83. The number of nitrogens with zero attached hydrogens (tertiary/aromatic N) is 3. The fraction of sp³-hybridized carbons (Fsp3) is 0.200. The summed E-state index contributed by atoms with van der Waals surface area (Å²) in [7, 11) is 3.64. The lowest BCUT2D eigenvalue weighted by Gasteiger charge is -2.28. The highest BCUT2D eigenvalue weighted by molar-refractivity contribution is 7.80. The number of hydrogen-bond donors (Lipinski definition) is 1. The molecule has 3 heterocycles. The molecular weight excluding hydrogens is 380 g/mol. The Labute approximate surface area is 168 Å². The van der Waals surface area contributed by atoms with E-state index in [-0.39, 0.29) is 12.1 Å². The van der Waals surface area contributed by atoms with Crippen LogP contribution in [0, 0.1) is 0 Å². The zero-order chi connectivity index (χ0) is 19.0. The highest BCUT2D eigenvalue weighted by atomic mass is 35.5. The number of pyridine rings is 1. The second-order valence-electron chi connectivity index (χ2n) is 6.36. The van der Waals surface area contributed by atoms with Crippen molar-refractivity contribution in [2.24, 2.45) is 7.05 Å². The van der Waals surface area contributed by atoms with Crippen LogP contribution in [0.15, 0.2) is 60.9 Å². The van der Waals surface area contributed by atoms with E-state index in [4.69, 9.17) is 28.6 Å². The minimum atomic E-state index is -0.0758. The maximum atomic E-state index is 6.38. The Hall–Kier alpha value is -2.57. The van der Waals surface area contributed by atoms with Gasteiger partial charge in [-0.3, -0.25) is 4.98 Å². The number of hydrogen-bond acceptors (Lipinski definition) is 3. The van der Waals surface area contributed by atoms with E-state index in [1.54, 1.807) is 13.3 Å². The summed E-state index contributed by atoms with van der Waals surface area (Å²) in [5.74, 6) is 0.634. The molecule has 4 rings (SSSR count). The van der Waals surface area contributed by atoms with Crippen LogP contribution in [0.2, 0.25) is 5.02 Å². The molecule has 1 aromatic carbocycles. The summed E-state index contributed by atoms with van der Waals surface area (Å²) in [6, 6.07) is 15.6. The molecule has 0 radical (unpaired) electrons. The van der Waals surface area contributed by atoms with Gasteiger partial charge < -0.3 is 19.5 Å². The lowest BCUT2D eigenvalue weighted by atomic mass is 10.0. The first-order chi connectivity index (χ1) is 13.1. The fourth-order valence-corrected chi connectivity index (χ4v) is 4.12.